The van der Waals surface area contributed by atoms with Crippen molar-refractivity contribution >= 4 is 16.6 Å². The van der Waals surface area contributed by atoms with Gasteiger partial charge in [-0.3, -0.25) is 5.10 Å². The molecule has 0 radical (unpaired) electrons. The number of rotatable bonds is 3. The van der Waals surface area contributed by atoms with E-state index in [4.69, 9.17) is 0 Å². The normalized spacial score (nSPS) is 12.6. The maximum absolute atomic E-state index is 13.7. The maximum Gasteiger partial charge on any atom is 0.131 e. The average Bonchev–Trinajstić information content (AvgIpc) is 2.85. The van der Waals surface area contributed by atoms with Crippen LogP contribution in [-0.2, 0) is 0 Å². The van der Waals surface area contributed by atoms with Crippen molar-refractivity contribution in [1.29, 1.82) is 0 Å². The highest BCUT2D eigenvalue weighted by atomic mass is 19.1. The van der Waals surface area contributed by atoms with Gasteiger partial charge in [0.15, 0.2) is 0 Å². The molecular formula is C15H13F2N3. The molecule has 0 saturated carbocycles. The zero-order chi connectivity index (χ0) is 14.1. The number of fused-ring (bicyclic) bond motifs is 1. The Bertz CT molecular complexity index is 731. The van der Waals surface area contributed by atoms with Gasteiger partial charge in [0.2, 0.25) is 0 Å². The predicted molar refractivity (Wildman–Crippen MR) is 74.5 cm³/mol. The van der Waals surface area contributed by atoms with Gasteiger partial charge in [-0.15, -0.1) is 0 Å². The Morgan fingerprint density at radius 3 is 2.65 bits per heavy atom. The van der Waals surface area contributed by atoms with E-state index in [9.17, 15) is 8.78 Å². The second-order valence-corrected chi connectivity index (χ2v) is 4.67. The lowest BCUT2D eigenvalue weighted by molar-refractivity contribution is 0.544. The molecule has 2 N–H and O–H groups in total. The van der Waals surface area contributed by atoms with Crippen molar-refractivity contribution in [3.63, 3.8) is 0 Å². The van der Waals surface area contributed by atoms with Crippen molar-refractivity contribution in [2.24, 2.45) is 0 Å². The number of hydrogen-bond donors (Lipinski definition) is 2. The fourth-order valence-electron chi connectivity index (χ4n) is 2.28. The summed E-state index contributed by atoms with van der Waals surface area (Å²) in [6.07, 6.45) is 1.70. The van der Waals surface area contributed by atoms with Gasteiger partial charge in [-0.05, 0) is 37.3 Å². The third-order valence-electron chi connectivity index (χ3n) is 3.26. The quantitative estimate of drug-likeness (QED) is 0.756. The van der Waals surface area contributed by atoms with Gasteiger partial charge in [-0.2, -0.15) is 5.10 Å². The predicted octanol–water partition coefficient (Wildman–Crippen LogP) is 4.01. The molecule has 0 aliphatic rings. The third-order valence-corrected chi connectivity index (χ3v) is 3.26. The molecular weight excluding hydrogens is 260 g/mol. The Balaban J connectivity index is 1.90. The minimum absolute atomic E-state index is 0.0415. The molecule has 3 rings (SSSR count). The minimum Gasteiger partial charge on any atom is -0.378 e. The minimum atomic E-state index is -0.547. The van der Waals surface area contributed by atoms with Crippen molar-refractivity contribution in [1.82, 2.24) is 10.2 Å². The van der Waals surface area contributed by atoms with E-state index in [2.05, 4.69) is 15.5 Å². The molecule has 5 heteroatoms. The van der Waals surface area contributed by atoms with Crippen LogP contribution in [0.15, 0.2) is 42.6 Å². The number of hydrogen-bond acceptors (Lipinski definition) is 2. The van der Waals surface area contributed by atoms with Gasteiger partial charge in [0.05, 0.1) is 17.8 Å². The first-order valence-electron chi connectivity index (χ1n) is 6.29. The van der Waals surface area contributed by atoms with Gasteiger partial charge in [0.25, 0.3) is 0 Å². The van der Waals surface area contributed by atoms with E-state index in [1.54, 1.807) is 13.1 Å². The Morgan fingerprint density at radius 1 is 1.15 bits per heavy atom. The van der Waals surface area contributed by atoms with Crippen molar-refractivity contribution < 1.29 is 8.78 Å². The van der Waals surface area contributed by atoms with Crippen LogP contribution in [0.1, 0.15) is 18.5 Å². The first kappa shape index (κ1) is 12.6. The number of nitrogens with one attached hydrogen (secondary N) is 2. The molecule has 3 aromatic rings. The number of benzene rings is 2. The van der Waals surface area contributed by atoms with Crippen molar-refractivity contribution in [2.45, 2.75) is 13.0 Å². The van der Waals surface area contributed by atoms with E-state index in [-0.39, 0.29) is 5.56 Å². The highest BCUT2D eigenvalue weighted by molar-refractivity contribution is 5.81. The van der Waals surface area contributed by atoms with E-state index in [1.165, 1.54) is 18.2 Å². The summed E-state index contributed by atoms with van der Waals surface area (Å²) in [6.45, 7) is 1.72. The van der Waals surface area contributed by atoms with E-state index >= 15 is 0 Å². The Kier molecular flexibility index (Phi) is 3.10. The van der Waals surface area contributed by atoms with E-state index in [0.717, 1.165) is 16.6 Å². The van der Waals surface area contributed by atoms with E-state index < -0.39 is 17.7 Å². The lowest BCUT2D eigenvalue weighted by Crippen LogP contribution is -2.10. The molecule has 102 valence electrons. The summed E-state index contributed by atoms with van der Waals surface area (Å²) in [7, 11) is 0. The van der Waals surface area contributed by atoms with Crippen LogP contribution in [0.2, 0.25) is 0 Å². The Labute approximate surface area is 114 Å². The summed E-state index contributed by atoms with van der Waals surface area (Å²) in [5, 5.41) is 10.8. The van der Waals surface area contributed by atoms with E-state index in [1.807, 2.05) is 18.2 Å². The molecule has 0 aliphatic carbocycles. The third kappa shape index (κ3) is 2.22. The summed E-state index contributed by atoms with van der Waals surface area (Å²) in [6, 6.07) is 9.00. The van der Waals surface area contributed by atoms with Crippen LogP contribution >= 0.6 is 0 Å². The average molecular weight is 273 g/mol. The molecule has 0 amide bonds. The van der Waals surface area contributed by atoms with Gasteiger partial charge in [-0.25, -0.2) is 8.78 Å². The summed E-state index contributed by atoms with van der Waals surface area (Å²) < 4.78 is 27.4. The zero-order valence-electron chi connectivity index (χ0n) is 10.8. The molecule has 1 heterocycles. The molecule has 20 heavy (non-hydrogen) atoms. The fourth-order valence-corrected chi connectivity index (χ4v) is 2.28. The monoisotopic (exact) mass is 273 g/mol. The number of aromatic nitrogens is 2. The highest BCUT2D eigenvalue weighted by Crippen LogP contribution is 2.25. The van der Waals surface area contributed by atoms with Crippen LogP contribution in [0, 0.1) is 11.6 Å². The molecule has 1 atom stereocenters. The SMILES string of the molecule is CC(Nc1ccc2[nH]ncc2c1)c1c(F)cccc1F. The van der Waals surface area contributed by atoms with Crippen LogP contribution in [0.4, 0.5) is 14.5 Å². The smallest absolute Gasteiger partial charge is 0.131 e. The molecule has 0 aliphatic heterocycles. The zero-order valence-corrected chi connectivity index (χ0v) is 10.8. The summed E-state index contributed by atoms with van der Waals surface area (Å²) in [4.78, 5) is 0. The van der Waals surface area contributed by atoms with Gasteiger partial charge in [0, 0.05) is 16.6 Å². The lowest BCUT2D eigenvalue weighted by Gasteiger charge is -2.17. The molecule has 1 unspecified atom stereocenters. The Morgan fingerprint density at radius 2 is 1.90 bits per heavy atom. The van der Waals surface area contributed by atoms with E-state index in [0.29, 0.717) is 0 Å². The topological polar surface area (TPSA) is 40.7 Å². The summed E-state index contributed by atoms with van der Waals surface area (Å²) in [5.41, 5.74) is 1.74. The number of H-pyrrole nitrogens is 1. The lowest BCUT2D eigenvalue weighted by atomic mass is 10.1. The number of nitrogens with zero attached hydrogens (tertiary/aromatic N) is 1. The van der Waals surface area contributed by atoms with Crippen LogP contribution in [0.3, 0.4) is 0 Å². The molecule has 3 nitrogen and oxygen atoms in total. The highest BCUT2D eigenvalue weighted by Gasteiger charge is 2.15. The molecule has 0 saturated heterocycles. The second-order valence-electron chi connectivity index (χ2n) is 4.67. The van der Waals surface area contributed by atoms with Gasteiger partial charge < -0.3 is 5.32 Å². The number of anilines is 1. The largest absolute Gasteiger partial charge is 0.378 e. The Hall–Kier alpha value is -2.43. The number of halogens is 2. The van der Waals surface area contributed by atoms with Gasteiger partial charge >= 0.3 is 0 Å². The first-order chi connectivity index (χ1) is 9.65. The van der Waals surface area contributed by atoms with Gasteiger partial charge in [-0.1, -0.05) is 6.07 Å². The molecule has 0 spiro atoms. The van der Waals surface area contributed by atoms with Crippen LogP contribution < -0.4 is 5.32 Å². The summed E-state index contributed by atoms with van der Waals surface area (Å²) in [5.74, 6) is -1.09. The summed E-state index contributed by atoms with van der Waals surface area (Å²) >= 11 is 0. The van der Waals surface area contributed by atoms with Crippen LogP contribution in [-0.4, -0.2) is 10.2 Å². The van der Waals surface area contributed by atoms with Crippen molar-refractivity contribution in [3.8, 4) is 0 Å². The van der Waals surface area contributed by atoms with Gasteiger partial charge in [0.1, 0.15) is 11.6 Å². The van der Waals surface area contributed by atoms with Crippen LogP contribution in [0.25, 0.3) is 10.9 Å². The first-order valence-corrected chi connectivity index (χ1v) is 6.29. The van der Waals surface area contributed by atoms with Crippen molar-refractivity contribution in [2.75, 3.05) is 5.32 Å². The fraction of sp³-hybridized carbons (Fsp3) is 0.133. The molecule has 0 fully saturated rings. The molecule has 2 aromatic carbocycles. The molecule has 1 aromatic heterocycles. The number of aromatic amines is 1. The van der Waals surface area contributed by atoms with Crippen molar-refractivity contribution in [3.05, 3.63) is 59.8 Å². The standard InChI is InChI=1S/C15H13F2N3/c1-9(15-12(16)3-2-4-13(15)17)19-11-5-6-14-10(7-11)8-18-20-14/h2-9,19H,1H3,(H,18,20). The van der Waals surface area contributed by atoms with Crippen LogP contribution in [0.5, 0.6) is 0 Å². The maximum atomic E-state index is 13.7. The molecule has 0 bridgehead atoms. The second kappa shape index (κ2) is 4.92.